The topological polar surface area (TPSA) is 59.0 Å². The van der Waals surface area contributed by atoms with Gasteiger partial charge < -0.3 is 5.32 Å². The van der Waals surface area contributed by atoms with Gasteiger partial charge in [-0.1, -0.05) is 0 Å². The SMILES string of the molecule is O=C(Nc1ccc(-n2cccn2)cc1)[C@H]1CSCN1. The third-order valence-electron chi connectivity index (χ3n) is 2.94. The molecule has 1 aromatic heterocycles. The van der Waals surface area contributed by atoms with Gasteiger partial charge in [-0.3, -0.25) is 10.1 Å². The van der Waals surface area contributed by atoms with Crippen LogP contribution in [0, 0.1) is 0 Å². The van der Waals surface area contributed by atoms with Crippen LogP contribution in [0.3, 0.4) is 0 Å². The summed E-state index contributed by atoms with van der Waals surface area (Å²) in [5.41, 5.74) is 1.78. The predicted molar refractivity (Wildman–Crippen MR) is 76.4 cm³/mol. The van der Waals surface area contributed by atoms with E-state index < -0.39 is 0 Å². The van der Waals surface area contributed by atoms with Gasteiger partial charge in [0.25, 0.3) is 0 Å². The Bertz CT molecular complexity index is 547. The van der Waals surface area contributed by atoms with Crippen molar-refractivity contribution in [2.45, 2.75) is 6.04 Å². The highest BCUT2D eigenvalue weighted by Crippen LogP contribution is 2.15. The average Bonchev–Trinajstić information content (AvgIpc) is 3.13. The van der Waals surface area contributed by atoms with Crippen molar-refractivity contribution in [2.75, 3.05) is 16.9 Å². The van der Waals surface area contributed by atoms with Crippen molar-refractivity contribution in [3.05, 3.63) is 42.7 Å². The predicted octanol–water partition coefficient (Wildman–Crippen LogP) is 1.47. The first-order chi connectivity index (χ1) is 9.33. The van der Waals surface area contributed by atoms with Gasteiger partial charge >= 0.3 is 0 Å². The zero-order chi connectivity index (χ0) is 13.1. The number of rotatable bonds is 3. The first kappa shape index (κ1) is 12.3. The van der Waals surface area contributed by atoms with Gasteiger partial charge in [0.15, 0.2) is 0 Å². The highest BCUT2D eigenvalue weighted by molar-refractivity contribution is 7.99. The lowest BCUT2D eigenvalue weighted by molar-refractivity contribution is -0.117. The van der Waals surface area contributed by atoms with Crippen LogP contribution in [-0.2, 0) is 4.79 Å². The van der Waals surface area contributed by atoms with Crippen LogP contribution < -0.4 is 10.6 Å². The smallest absolute Gasteiger partial charge is 0.242 e. The fraction of sp³-hybridized carbons (Fsp3) is 0.231. The van der Waals surface area contributed by atoms with E-state index in [4.69, 9.17) is 0 Å². The Labute approximate surface area is 115 Å². The molecule has 5 nitrogen and oxygen atoms in total. The van der Waals surface area contributed by atoms with Crippen LogP contribution >= 0.6 is 11.8 Å². The number of nitrogens with zero attached hydrogens (tertiary/aromatic N) is 2. The average molecular weight is 274 g/mol. The van der Waals surface area contributed by atoms with Gasteiger partial charge in [0.2, 0.25) is 5.91 Å². The maximum absolute atomic E-state index is 11.9. The van der Waals surface area contributed by atoms with E-state index in [9.17, 15) is 4.79 Å². The monoisotopic (exact) mass is 274 g/mol. The summed E-state index contributed by atoms with van der Waals surface area (Å²) < 4.78 is 1.78. The summed E-state index contributed by atoms with van der Waals surface area (Å²) in [5, 5.41) is 10.2. The molecule has 0 aliphatic carbocycles. The number of carbonyl (C=O) groups is 1. The largest absolute Gasteiger partial charge is 0.325 e. The van der Waals surface area contributed by atoms with E-state index in [2.05, 4.69) is 15.7 Å². The van der Waals surface area contributed by atoms with Crippen molar-refractivity contribution in [3.63, 3.8) is 0 Å². The molecular formula is C13H14N4OS. The summed E-state index contributed by atoms with van der Waals surface area (Å²) in [5.74, 6) is 1.70. The fourth-order valence-electron chi connectivity index (χ4n) is 1.91. The zero-order valence-electron chi connectivity index (χ0n) is 10.2. The van der Waals surface area contributed by atoms with Crippen LogP contribution in [0.2, 0.25) is 0 Å². The zero-order valence-corrected chi connectivity index (χ0v) is 11.1. The highest BCUT2D eigenvalue weighted by atomic mass is 32.2. The van der Waals surface area contributed by atoms with Gasteiger partial charge in [0.05, 0.1) is 11.7 Å². The Balaban J connectivity index is 1.67. The second kappa shape index (κ2) is 5.46. The Morgan fingerprint density at radius 3 is 2.89 bits per heavy atom. The van der Waals surface area contributed by atoms with Crippen molar-refractivity contribution < 1.29 is 4.79 Å². The number of anilines is 1. The van der Waals surface area contributed by atoms with E-state index in [-0.39, 0.29) is 11.9 Å². The van der Waals surface area contributed by atoms with Gasteiger partial charge in [-0.2, -0.15) is 5.10 Å². The quantitative estimate of drug-likeness (QED) is 0.890. The minimum absolute atomic E-state index is 0.0249. The molecule has 3 rings (SSSR count). The molecule has 1 aromatic carbocycles. The molecule has 6 heteroatoms. The van der Waals surface area contributed by atoms with Crippen LogP contribution in [0.4, 0.5) is 5.69 Å². The molecule has 0 unspecified atom stereocenters. The van der Waals surface area contributed by atoms with Crippen LogP contribution in [-0.4, -0.2) is 33.4 Å². The van der Waals surface area contributed by atoms with Crippen molar-refractivity contribution in [1.29, 1.82) is 0 Å². The summed E-state index contributed by atoms with van der Waals surface area (Å²) in [6.07, 6.45) is 3.62. The van der Waals surface area contributed by atoms with Gasteiger partial charge in [0.1, 0.15) is 0 Å². The van der Waals surface area contributed by atoms with Gasteiger partial charge in [0, 0.05) is 29.7 Å². The third kappa shape index (κ3) is 2.80. The lowest BCUT2D eigenvalue weighted by Gasteiger charge is -2.11. The van der Waals surface area contributed by atoms with Crippen molar-refractivity contribution in [3.8, 4) is 5.69 Å². The molecule has 2 aromatic rings. The molecule has 2 heterocycles. The van der Waals surface area contributed by atoms with E-state index in [1.54, 1.807) is 22.6 Å². The van der Waals surface area contributed by atoms with Crippen LogP contribution in [0.1, 0.15) is 0 Å². The van der Waals surface area contributed by atoms with E-state index in [1.165, 1.54) is 0 Å². The molecule has 1 aliphatic rings. The summed E-state index contributed by atoms with van der Waals surface area (Å²) in [7, 11) is 0. The van der Waals surface area contributed by atoms with Gasteiger partial charge in [-0.15, -0.1) is 11.8 Å². The molecular weight excluding hydrogens is 260 g/mol. The van der Waals surface area contributed by atoms with Crippen molar-refractivity contribution in [2.24, 2.45) is 0 Å². The molecule has 0 radical (unpaired) electrons. The molecule has 0 bridgehead atoms. The molecule has 19 heavy (non-hydrogen) atoms. The van der Waals surface area contributed by atoms with Crippen LogP contribution in [0.25, 0.3) is 5.69 Å². The maximum atomic E-state index is 11.9. The molecule has 1 atom stereocenters. The number of hydrogen-bond donors (Lipinski definition) is 2. The van der Waals surface area contributed by atoms with Gasteiger partial charge in [-0.05, 0) is 30.3 Å². The number of benzene rings is 1. The Kier molecular flexibility index (Phi) is 3.52. The van der Waals surface area contributed by atoms with Crippen LogP contribution in [0.5, 0.6) is 0 Å². The summed E-state index contributed by atoms with van der Waals surface area (Å²) >= 11 is 1.74. The number of thioether (sulfide) groups is 1. The number of amides is 1. The minimum Gasteiger partial charge on any atom is -0.325 e. The number of carbonyl (C=O) groups excluding carboxylic acids is 1. The van der Waals surface area contributed by atoms with E-state index in [0.717, 1.165) is 23.0 Å². The molecule has 98 valence electrons. The number of hydrogen-bond acceptors (Lipinski definition) is 4. The number of nitrogens with one attached hydrogen (secondary N) is 2. The first-order valence-corrected chi connectivity index (χ1v) is 7.20. The number of aromatic nitrogens is 2. The normalized spacial score (nSPS) is 18.4. The Morgan fingerprint density at radius 1 is 1.42 bits per heavy atom. The third-order valence-corrected chi connectivity index (χ3v) is 3.88. The molecule has 1 aliphatic heterocycles. The summed E-state index contributed by atoms with van der Waals surface area (Å²) in [6, 6.07) is 9.42. The minimum atomic E-state index is -0.0872. The highest BCUT2D eigenvalue weighted by Gasteiger charge is 2.22. The summed E-state index contributed by atoms with van der Waals surface area (Å²) in [4.78, 5) is 11.9. The molecule has 0 saturated carbocycles. The Hall–Kier alpha value is -1.79. The maximum Gasteiger partial charge on any atom is 0.242 e. The lowest BCUT2D eigenvalue weighted by atomic mass is 10.2. The molecule has 2 N–H and O–H groups in total. The molecule has 1 amide bonds. The standard InChI is InChI=1S/C13H14N4OS/c18-13(12-8-19-9-14-12)16-10-2-4-11(5-3-10)17-7-1-6-15-17/h1-7,12,14H,8-9H2,(H,16,18)/t12-/m1/s1. The fourth-order valence-corrected chi connectivity index (χ4v) is 2.85. The lowest BCUT2D eigenvalue weighted by Crippen LogP contribution is -2.37. The van der Waals surface area contributed by atoms with Crippen LogP contribution in [0.15, 0.2) is 42.7 Å². The van der Waals surface area contributed by atoms with Crippen molar-refractivity contribution in [1.82, 2.24) is 15.1 Å². The Morgan fingerprint density at radius 2 is 2.26 bits per heavy atom. The van der Waals surface area contributed by atoms with Gasteiger partial charge in [-0.25, -0.2) is 4.68 Å². The molecule has 0 spiro atoms. The van der Waals surface area contributed by atoms with E-state index >= 15 is 0 Å². The molecule has 1 fully saturated rings. The first-order valence-electron chi connectivity index (χ1n) is 6.05. The van der Waals surface area contributed by atoms with E-state index in [1.807, 2.05) is 36.5 Å². The second-order valence-electron chi connectivity index (χ2n) is 4.26. The molecule has 1 saturated heterocycles. The summed E-state index contributed by atoms with van der Waals surface area (Å²) in [6.45, 7) is 0. The van der Waals surface area contributed by atoms with Crippen molar-refractivity contribution >= 4 is 23.4 Å². The van der Waals surface area contributed by atoms with E-state index in [0.29, 0.717) is 0 Å². The second-order valence-corrected chi connectivity index (χ2v) is 5.29.